The van der Waals surface area contributed by atoms with Crippen molar-refractivity contribution in [2.24, 2.45) is 4.99 Å². The third kappa shape index (κ3) is 2.73. The van der Waals surface area contributed by atoms with Gasteiger partial charge in [0, 0.05) is 29.1 Å². The SMILES string of the molecule is C=C/C=C(\C=C)N(C(C)=N)C1=NC(C)(C)C(C)(C)c2ccncc21. The van der Waals surface area contributed by atoms with E-state index in [1.807, 2.05) is 24.5 Å². The van der Waals surface area contributed by atoms with Crippen molar-refractivity contribution in [1.29, 1.82) is 5.41 Å². The normalized spacial score (nSPS) is 18.2. The molecule has 1 aromatic heterocycles. The Hall–Kier alpha value is -2.49. The van der Waals surface area contributed by atoms with Gasteiger partial charge in [-0.15, -0.1) is 0 Å². The van der Waals surface area contributed by atoms with Crippen LogP contribution in [0.3, 0.4) is 0 Å². The molecular weight excluding hydrogens is 296 g/mol. The molecule has 0 saturated heterocycles. The molecule has 0 atom stereocenters. The zero-order valence-electron chi connectivity index (χ0n) is 15.2. The second kappa shape index (κ2) is 6.19. The van der Waals surface area contributed by atoms with Gasteiger partial charge in [0.25, 0.3) is 0 Å². The van der Waals surface area contributed by atoms with Crippen molar-refractivity contribution in [1.82, 2.24) is 9.88 Å². The number of aromatic nitrogens is 1. The van der Waals surface area contributed by atoms with Gasteiger partial charge in [-0.2, -0.15) is 0 Å². The third-order valence-electron chi connectivity index (χ3n) is 4.95. The highest BCUT2D eigenvalue weighted by atomic mass is 15.2. The van der Waals surface area contributed by atoms with Gasteiger partial charge in [0.1, 0.15) is 11.7 Å². The molecule has 0 bridgehead atoms. The molecule has 1 aliphatic heterocycles. The van der Waals surface area contributed by atoms with Crippen LogP contribution in [0.1, 0.15) is 45.7 Å². The molecule has 0 fully saturated rings. The van der Waals surface area contributed by atoms with Gasteiger partial charge in [-0.25, -0.2) is 0 Å². The highest BCUT2D eigenvalue weighted by molar-refractivity contribution is 6.11. The fraction of sp³-hybridized carbons (Fsp3) is 0.350. The molecule has 126 valence electrons. The molecule has 0 aromatic carbocycles. The monoisotopic (exact) mass is 322 g/mol. The van der Waals surface area contributed by atoms with Gasteiger partial charge in [-0.1, -0.05) is 33.1 Å². The van der Waals surface area contributed by atoms with E-state index in [1.54, 1.807) is 24.0 Å². The van der Waals surface area contributed by atoms with E-state index in [0.717, 1.165) is 17.1 Å². The summed E-state index contributed by atoms with van der Waals surface area (Å²) in [6, 6.07) is 2.05. The van der Waals surface area contributed by atoms with E-state index >= 15 is 0 Å². The minimum absolute atomic E-state index is 0.146. The lowest BCUT2D eigenvalue weighted by Gasteiger charge is -2.45. The summed E-state index contributed by atoms with van der Waals surface area (Å²) in [6.45, 7) is 18.0. The second-order valence-electron chi connectivity index (χ2n) is 6.99. The molecule has 4 nitrogen and oxygen atoms in total. The smallest absolute Gasteiger partial charge is 0.143 e. The maximum absolute atomic E-state index is 8.27. The maximum Gasteiger partial charge on any atom is 0.143 e. The van der Waals surface area contributed by atoms with Gasteiger partial charge in [0.2, 0.25) is 0 Å². The highest BCUT2D eigenvalue weighted by Crippen LogP contribution is 2.43. The Bertz CT molecular complexity index is 751. The molecule has 0 spiro atoms. The van der Waals surface area contributed by atoms with Crippen LogP contribution in [-0.4, -0.2) is 27.1 Å². The van der Waals surface area contributed by atoms with Crippen molar-refractivity contribution in [2.45, 2.75) is 45.6 Å². The van der Waals surface area contributed by atoms with E-state index in [-0.39, 0.29) is 11.0 Å². The number of pyridine rings is 1. The molecule has 0 unspecified atom stereocenters. The van der Waals surface area contributed by atoms with Crippen LogP contribution in [0.15, 0.2) is 60.5 Å². The van der Waals surface area contributed by atoms with Crippen LogP contribution >= 0.6 is 0 Å². The molecule has 0 radical (unpaired) electrons. The molecule has 0 aliphatic carbocycles. The van der Waals surface area contributed by atoms with Crippen LogP contribution in [0, 0.1) is 5.41 Å². The summed E-state index contributed by atoms with van der Waals surface area (Å²) in [6.07, 6.45) is 8.88. The van der Waals surface area contributed by atoms with E-state index < -0.39 is 0 Å². The Morgan fingerprint density at radius 1 is 1.25 bits per heavy atom. The molecule has 1 N–H and O–H groups in total. The lowest BCUT2D eigenvalue weighted by molar-refractivity contribution is 0.300. The lowest BCUT2D eigenvalue weighted by atomic mass is 9.67. The first kappa shape index (κ1) is 17.9. The summed E-state index contributed by atoms with van der Waals surface area (Å²) in [7, 11) is 0. The molecule has 0 saturated carbocycles. The first-order chi connectivity index (χ1) is 11.2. The zero-order chi connectivity index (χ0) is 18.1. The van der Waals surface area contributed by atoms with Gasteiger partial charge >= 0.3 is 0 Å². The Morgan fingerprint density at radius 3 is 2.46 bits per heavy atom. The first-order valence-electron chi connectivity index (χ1n) is 8.02. The second-order valence-corrected chi connectivity index (χ2v) is 6.99. The summed E-state index contributed by atoms with van der Waals surface area (Å²) in [4.78, 5) is 11.1. The third-order valence-corrected chi connectivity index (χ3v) is 4.95. The molecule has 4 heteroatoms. The Morgan fingerprint density at radius 2 is 1.92 bits per heavy atom. The Labute approximate surface area is 144 Å². The number of fused-ring (bicyclic) bond motifs is 1. The average molecular weight is 322 g/mol. The number of rotatable bonds is 3. The zero-order valence-corrected chi connectivity index (χ0v) is 15.2. The van der Waals surface area contributed by atoms with Gasteiger partial charge in [0.05, 0.1) is 5.54 Å². The van der Waals surface area contributed by atoms with Crippen molar-refractivity contribution in [2.75, 3.05) is 0 Å². The van der Waals surface area contributed by atoms with Gasteiger partial charge in [-0.3, -0.25) is 20.3 Å². The number of hydrogen-bond donors (Lipinski definition) is 1. The predicted molar refractivity (Wildman–Crippen MR) is 102 cm³/mol. The van der Waals surface area contributed by atoms with E-state index in [2.05, 4.69) is 45.8 Å². The van der Waals surface area contributed by atoms with Crippen LogP contribution in [0.2, 0.25) is 0 Å². The minimum atomic E-state index is -0.329. The number of nitrogens with one attached hydrogen (secondary N) is 1. The molecular formula is C20H26N4. The van der Waals surface area contributed by atoms with E-state index in [1.165, 1.54) is 5.56 Å². The summed E-state index contributed by atoms with van der Waals surface area (Å²) in [5.74, 6) is 1.09. The van der Waals surface area contributed by atoms with Crippen molar-refractivity contribution in [3.05, 3.63) is 66.7 Å². The lowest BCUT2D eigenvalue weighted by Crippen LogP contribution is -2.49. The predicted octanol–water partition coefficient (Wildman–Crippen LogP) is 4.45. The molecule has 0 amide bonds. The minimum Gasteiger partial charge on any atom is -0.288 e. The molecule has 2 heterocycles. The Kier molecular flexibility index (Phi) is 4.61. The standard InChI is InChI=1S/C20H26N4/c1-8-10-15(9-2)24(14(3)21)18-16-13-22-12-11-17(16)19(4,5)20(6,7)23-18/h8-13,21H,1-2H2,3-7H3/b15-10+,21-14?. The molecule has 1 aliphatic rings. The number of nitrogens with zero attached hydrogens (tertiary/aromatic N) is 3. The number of hydrogen-bond acceptors (Lipinski definition) is 3. The fourth-order valence-corrected chi connectivity index (χ4v) is 2.91. The van der Waals surface area contributed by atoms with E-state index in [0.29, 0.717) is 5.84 Å². The average Bonchev–Trinajstić information content (AvgIpc) is 2.51. The molecule has 2 rings (SSSR count). The Balaban J connectivity index is 2.78. The summed E-state index contributed by atoms with van der Waals surface area (Å²) < 4.78 is 0. The van der Waals surface area contributed by atoms with Gasteiger partial charge in [-0.05, 0) is 44.6 Å². The van der Waals surface area contributed by atoms with Crippen LogP contribution in [-0.2, 0) is 5.41 Å². The van der Waals surface area contributed by atoms with Crippen molar-refractivity contribution in [3.8, 4) is 0 Å². The highest BCUT2D eigenvalue weighted by Gasteiger charge is 2.45. The quantitative estimate of drug-likeness (QED) is 0.508. The van der Waals surface area contributed by atoms with Crippen LogP contribution in [0.5, 0.6) is 0 Å². The van der Waals surface area contributed by atoms with Crippen molar-refractivity contribution < 1.29 is 0 Å². The van der Waals surface area contributed by atoms with E-state index in [4.69, 9.17) is 10.4 Å². The summed E-state index contributed by atoms with van der Waals surface area (Å²) in [5, 5.41) is 8.27. The molecule has 24 heavy (non-hydrogen) atoms. The topological polar surface area (TPSA) is 52.3 Å². The fourth-order valence-electron chi connectivity index (χ4n) is 2.91. The van der Waals surface area contributed by atoms with Crippen LogP contribution in [0.25, 0.3) is 0 Å². The van der Waals surface area contributed by atoms with Crippen molar-refractivity contribution in [3.63, 3.8) is 0 Å². The van der Waals surface area contributed by atoms with Gasteiger partial charge < -0.3 is 0 Å². The number of aliphatic imine (C=N–C) groups is 1. The largest absolute Gasteiger partial charge is 0.288 e. The molecule has 1 aromatic rings. The summed E-state index contributed by atoms with van der Waals surface area (Å²) >= 11 is 0. The number of allylic oxidation sites excluding steroid dienone is 3. The first-order valence-corrected chi connectivity index (χ1v) is 8.02. The van der Waals surface area contributed by atoms with Gasteiger partial charge in [0.15, 0.2) is 0 Å². The van der Waals surface area contributed by atoms with Crippen LogP contribution in [0.4, 0.5) is 0 Å². The van der Waals surface area contributed by atoms with E-state index in [9.17, 15) is 0 Å². The maximum atomic E-state index is 8.27. The van der Waals surface area contributed by atoms with Crippen molar-refractivity contribution >= 4 is 11.7 Å². The summed E-state index contributed by atoms with van der Waals surface area (Å²) in [5.41, 5.74) is 2.42. The van der Waals surface area contributed by atoms with Crippen LogP contribution < -0.4 is 0 Å². The number of amidine groups is 2.